The van der Waals surface area contributed by atoms with E-state index in [1.165, 1.54) is 6.42 Å². The molecule has 0 heterocycles. The fourth-order valence-corrected chi connectivity index (χ4v) is 4.37. The molecule has 1 rings (SSSR count). The molecule has 0 aromatic carbocycles. The van der Waals surface area contributed by atoms with Gasteiger partial charge in [0.05, 0.1) is 0 Å². The van der Waals surface area contributed by atoms with E-state index in [2.05, 4.69) is 85.4 Å². The highest BCUT2D eigenvalue weighted by Crippen LogP contribution is 2.42. The van der Waals surface area contributed by atoms with Gasteiger partial charge >= 0.3 is 0 Å². The van der Waals surface area contributed by atoms with Crippen LogP contribution in [0.1, 0.15) is 75.2 Å². The highest BCUT2D eigenvalue weighted by molar-refractivity contribution is 5.20. The van der Waals surface area contributed by atoms with Crippen molar-refractivity contribution < 1.29 is 4.74 Å². The Bertz CT molecular complexity index is 455. The average molecular weight is 364 g/mol. The fourth-order valence-electron chi connectivity index (χ4n) is 4.37. The number of hydrogen-bond donors (Lipinski definition) is 0. The maximum atomic E-state index is 6.07. The normalized spacial score (nSPS) is 18.8. The Morgan fingerprint density at radius 2 is 1.62 bits per heavy atom. The molecule has 1 atom stereocenters. The van der Waals surface area contributed by atoms with Crippen molar-refractivity contribution in [3.8, 4) is 0 Å². The maximum absolute atomic E-state index is 6.07. The number of ether oxygens (including phenoxy) is 1. The van der Waals surface area contributed by atoms with Crippen LogP contribution >= 0.6 is 0 Å². The molecular formula is C24H45NO. The third-order valence-electron chi connectivity index (χ3n) is 4.98. The molecule has 0 bridgehead atoms. The first-order valence-corrected chi connectivity index (χ1v) is 10.6. The molecule has 0 aromatic heterocycles. The van der Waals surface area contributed by atoms with E-state index >= 15 is 0 Å². The quantitative estimate of drug-likeness (QED) is 0.437. The smallest absolute Gasteiger partial charge is 0.115 e. The van der Waals surface area contributed by atoms with E-state index < -0.39 is 0 Å². The first-order chi connectivity index (χ1) is 11.9. The van der Waals surface area contributed by atoms with Gasteiger partial charge in [-0.25, -0.2) is 0 Å². The Labute approximate surface area is 164 Å². The van der Waals surface area contributed by atoms with Crippen LogP contribution in [0.2, 0.25) is 0 Å². The molecule has 0 saturated heterocycles. The van der Waals surface area contributed by atoms with Gasteiger partial charge in [-0.1, -0.05) is 68.4 Å². The molecule has 0 N–H and O–H groups in total. The summed E-state index contributed by atoms with van der Waals surface area (Å²) in [6.45, 7) is 25.1. The van der Waals surface area contributed by atoms with Gasteiger partial charge in [0.1, 0.15) is 12.4 Å². The summed E-state index contributed by atoms with van der Waals surface area (Å²) in [6, 6.07) is 0. The molecule has 0 aromatic rings. The summed E-state index contributed by atoms with van der Waals surface area (Å²) in [7, 11) is 0. The SMILES string of the molecule is CC(C)CN(CCOC1=CCC(C(C)(C)CC(C)(C)C)C=C1)CC(C)C. The molecule has 1 aliphatic carbocycles. The van der Waals surface area contributed by atoms with Crippen molar-refractivity contribution in [3.05, 3.63) is 24.0 Å². The van der Waals surface area contributed by atoms with E-state index in [1.807, 2.05) is 0 Å². The van der Waals surface area contributed by atoms with Crippen molar-refractivity contribution in [3.63, 3.8) is 0 Å². The van der Waals surface area contributed by atoms with Crippen LogP contribution in [0.5, 0.6) is 0 Å². The summed E-state index contributed by atoms with van der Waals surface area (Å²) in [4.78, 5) is 2.54. The molecule has 0 amide bonds. The average Bonchev–Trinajstić information content (AvgIpc) is 2.43. The van der Waals surface area contributed by atoms with Crippen molar-refractivity contribution >= 4 is 0 Å². The van der Waals surface area contributed by atoms with E-state index in [0.29, 0.717) is 28.6 Å². The van der Waals surface area contributed by atoms with Crippen molar-refractivity contribution in [2.75, 3.05) is 26.2 Å². The lowest BCUT2D eigenvalue weighted by molar-refractivity contribution is 0.137. The van der Waals surface area contributed by atoms with Gasteiger partial charge in [-0.15, -0.1) is 0 Å². The zero-order valence-electron chi connectivity index (χ0n) is 19.1. The Morgan fingerprint density at radius 1 is 1.04 bits per heavy atom. The fraction of sp³-hybridized carbons (Fsp3) is 0.833. The first kappa shape index (κ1) is 23.3. The highest BCUT2D eigenvalue weighted by Gasteiger charge is 2.32. The minimum absolute atomic E-state index is 0.322. The van der Waals surface area contributed by atoms with Crippen LogP contribution in [-0.2, 0) is 4.74 Å². The Morgan fingerprint density at radius 3 is 2.04 bits per heavy atom. The van der Waals surface area contributed by atoms with Crippen LogP contribution in [0, 0.1) is 28.6 Å². The summed E-state index contributed by atoms with van der Waals surface area (Å²) in [5, 5.41) is 0. The summed E-state index contributed by atoms with van der Waals surface area (Å²) in [5.41, 5.74) is 0.691. The van der Waals surface area contributed by atoms with Gasteiger partial charge in [-0.2, -0.15) is 0 Å². The Balaban J connectivity index is 2.47. The molecule has 0 radical (unpaired) electrons. The van der Waals surface area contributed by atoms with E-state index in [9.17, 15) is 0 Å². The van der Waals surface area contributed by atoms with Gasteiger partial charge in [0, 0.05) is 19.6 Å². The Hall–Kier alpha value is -0.760. The van der Waals surface area contributed by atoms with Crippen LogP contribution in [0.15, 0.2) is 24.0 Å². The predicted octanol–water partition coefficient (Wildman–Crippen LogP) is 6.54. The van der Waals surface area contributed by atoms with Crippen LogP contribution < -0.4 is 0 Å². The molecule has 0 fully saturated rings. The monoisotopic (exact) mass is 363 g/mol. The third-order valence-corrected chi connectivity index (χ3v) is 4.98. The maximum Gasteiger partial charge on any atom is 0.115 e. The minimum atomic E-state index is 0.322. The van der Waals surface area contributed by atoms with Gasteiger partial charge in [0.15, 0.2) is 0 Å². The minimum Gasteiger partial charge on any atom is -0.493 e. The van der Waals surface area contributed by atoms with Crippen molar-refractivity contribution in [1.82, 2.24) is 4.90 Å². The largest absolute Gasteiger partial charge is 0.493 e. The van der Waals surface area contributed by atoms with Crippen LogP contribution in [0.3, 0.4) is 0 Å². The molecule has 0 aliphatic heterocycles. The lowest BCUT2D eigenvalue weighted by Gasteiger charge is -2.38. The lowest BCUT2D eigenvalue weighted by Crippen LogP contribution is -2.34. The number of allylic oxidation sites excluding steroid dienone is 3. The van der Waals surface area contributed by atoms with E-state index in [0.717, 1.165) is 38.4 Å². The summed E-state index contributed by atoms with van der Waals surface area (Å²) >= 11 is 0. The van der Waals surface area contributed by atoms with Crippen LogP contribution in [0.4, 0.5) is 0 Å². The molecule has 0 saturated carbocycles. The zero-order valence-corrected chi connectivity index (χ0v) is 19.1. The topological polar surface area (TPSA) is 12.5 Å². The van der Waals surface area contributed by atoms with Crippen LogP contribution in [-0.4, -0.2) is 31.1 Å². The van der Waals surface area contributed by atoms with E-state index in [-0.39, 0.29) is 0 Å². The standard InChI is InChI=1S/C24H45NO/c1-19(2)16-25(17-20(3)4)14-15-26-22-12-10-21(11-13-22)24(8,9)18-23(5,6)7/h10,12-13,19-21H,11,14-18H2,1-9H3. The Kier molecular flexibility index (Phi) is 8.93. The number of rotatable bonds is 10. The van der Waals surface area contributed by atoms with E-state index in [1.54, 1.807) is 0 Å². The molecule has 1 aliphatic rings. The predicted molar refractivity (Wildman–Crippen MR) is 115 cm³/mol. The molecule has 2 heteroatoms. The molecule has 1 unspecified atom stereocenters. The molecular weight excluding hydrogens is 318 g/mol. The molecule has 152 valence electrons. The van der Waals surface area contributed by atoms with Crippen molar-refractivity contribution in [1.29, 1.82) is 0 Å². The number of nitrogens with zero attached hydrogens (tertiary/aromatic N) is 1. The summed E-state index contributed by atoms with van der Waals surface area (Å²) in [6.07, 6.45) is 9.20. The number of hydrogen-bond acceptors (Lipinski definition) is 2. The summed E-state index contributed by atoms with van der Waals surface area (Å²) in [5.74, 6) is 3.07. The van der Waals surface area contributed by atoms with E-state index in [4.69, 9.17) is 4.74 Å². The second kappa shape index (κ2) is 9.97. The molecule has 2 nitrogen and oxygen atoms in total. The van der Waals surface area contributed by atoms with Gasteiger partial charge in [-0.05, 0) is 53.6 Å². The highest BCUT2D eigenvalue weighted by atomic mass is 16.5. The van der Waals surface area contributed by atoms with Gasteiger partial charge in [0.25, 0.3) is 0 Å². The zero-order chi connectivity index (χ0) is 20.0. The van der Waals surface area contributed by atoms with Crippen molar-refractivity contribution in [2.45, 2.75) is 75.2 Å². The third kappa shape index (κ3) is 9.26. The summed E-state index contributed by atoms with van der Waals surface area (Å²) < 4.78 is 6.07. The van der Waals surface area contributed by atoms with Crippen molar-refractivity contribution in [2.24, 2.45) is 28.6 Å². The van der Waals surface area contributed by atoms with Gasteiger partial charge < -0.3 is 4.74 Å². The lowest BCUT2D eigenvalue weighted by atomic mass is 9.67. The first-order valence-electron chi connectivity index (χ1n) is 10.6. The second-order valence-electron chi connectivity index (χ2n) is 10.9. The molecule has 0 spiro atoms. The second-order valence-corrected chi connectivity index (χ2v) is 10.9. The van der Waals surface area contributed by atoms with Crippen LogP contribution in [0.25, 0.3) is 0 Å². The van der Waals surface area contributed by atoms with Gasteiger partial charge in [0.2, 0.25) is 0 Å². The molecule has 26 heavy (non-hydrogen) atoms. The van der Waals surface area contributed by atoms with Gasteiger partial charge in [-0.3, -0.25) is 4.90 Å².